The van der Waals surface area contributed by atoms with Crippen LogP contribution in [0.15, 0.2) is 77.2 Å². The third-order valence-electron chi connectivity index (χ3n) is 7.11. The second kappa shape index (κ2) is 11.2. The van der Waals surface area contributed by atoms with Crippen molar-refractivity contribution in [2.75, 3.05) is 20.3 Å². The molecule has 3 aromatic carbocycles. The van der Waals surface area contributed by atoms with Crippen LogP contribution in [0.1, 0.15) is 47.1 Å². The predicted molar refractivity (Wildman–Crippen MR) is 148 cm³/mol. The highest BCUT2D eigenvalue weighted by Gasteiger charge is 2.31. The van der Waals surface area contributed by atoms with Crippen LogP contribution >= 0.6 is 0 Å². The molecule has 1 aliphatic heterocycles. The molecule has 8 heteroatoms. The summed E-state index contributed by atoms with van der Waals surface area (Å²) in [6.45, 7) is 3.01. The zero-order chi connectivity index (χ0) is 27.4. The number of amides is 1. The van der Waals surface area contributed by atoms with Crippen molar-refractivity contribution >= 4 is 5.91 Å². The summed E-state index contributed by atoms with van der Waals surface area (Å²) < 4.78 is 11.5. The standard InChI is InChI=1S/C31H31N5O3/c1-31(33,18-21-9-4-3-5-10-21)30-35-34-28(39-30)24-15-23(27-13-7-6-11-22(27)19-32)16-25(17-24)29(37)36-14-8-12-26(36)20-38-2/h3-7,9-11,13,15-17,26H,8,12,14,18,20,33H2,1-2H3/t26?,31-/m0/s1. The molecule has 0 spiro atoms. The Morgan fingerprint density at radius 3 is 2.64 bits per heavy atom. The molecule has 1 aliphatic rings. The van der Waals surface area contributed by atoms with Gasteiger partial charge in [0.1, 0.15) is 0 Å². The lowest BCUT2D eigenvalue weighted by atomic mass is 9.94. The first kappa shape index (κ1) is 26.3. The Morgan fingerprint density at radius 2 is 1.87 bits per heavy atom. The third-order valence-corrected chi connectivity index (χ3v) is 7.11. The van der Waals surface area contributed by atoms with E-state index in [0.29, 0.717) is 42.2 Å². The summed E-state index contributed by atoms with van der Waals surface area (Å²) in [6.07, 6.45) is 2.34. The molecule has 0 bridgehead atoms. The highest BCUT2D eigenvalue weighted by molar-refractivity contribution is 5.97. The van der Waals surface area contributed by atoms with E-state index < -0.39 is 5.54 Å². The fourth-order valence-corrected chi connectivity index (χ4v) is 5.16. The molecule has 2 heterocycles. The van der Waals surface area contributed by atoms with Gasteiger partial charge in [0.25, 0.3) is 5.91 Å². The van der Waals surface area contributed by atoms with Crippen molar-refractivity contribution in [2.45, 2.75) is 37.8 Å². The van der Waals surface area contributed by atoms with Gasteiger partial charge in [-0.05, 0) is 67.1 Å². The van der Waals surface area contributed by atoms with Crippen molar-refractivity contribution < 1.29 is 13.9 Å². The molecule has 0 aliphatic carbocycles. The van der Waals surface area contributed by atoms with Crippen LogP contribution < -0.4 is 5.73 Å². The lowest BCUT2D eigenvalue weighted by molar-refractivity contribution is 0.0630. The van der Waals surface area contributed by atoms with Crippen molar-refractivity contribution in [2.24, 2.45) is 5.73 Å². The number of hydrogen-bond acceptors (Lipinski definition) is 7. The van der Waals surface area contributed by atoms with E-state index in [-0.39, 0.29) is 17.8 Å². The maximum Gasteiger partial charge on any atom is 0.254 e. The topological polar surface area (TPSA) is 118 Å². The zero-order valence-corrected chi connectivity index (χ0v) is 22.1. The number of methoxy groups -OCH3 is 1. The quantitative estimate of drug-likeness (QED) is 0.349. The molecule has 1 unspecified atom stereocenters. The number of carbonyl (C=O) groups excluding carboxylic acids is 1. The molecule has 0 saturated carbocycles. The third kappa shape index (κ3) is 5.60. The molecular formula is C31H31N5O3. The molecular weight excluding hydrogens is 490 g/mol. The van der Waals surface area contributed by atoms with E-state index in [9.17, 15) is 10.1 Å². The second-order valence-electron chi connectivity index (χ2n) is 10.2. The molecule has 2 N–H and O–H groups in total. The summed E-state index contributed by atoms with van der Waals surface area (Å²) in [5.74, 6) is 0.464. The number of benzene rings is 3. The van der Waals surface area contributed by atoms with E-state index in [4.69, 9.17) is 14.9 Å². The van der Waals surface area contributed by atoms with E-state index in [2.05, 4.69) is 16.3 Å². The maximum absolute atomic E-state index is 13.7. The van der Waals surface area contributed by atoms with Crippen molar-refractivity contribution in [1.82, 2.24) is 15.1 Å². The van der Waals surface area contributed by atoms with E-state index in [1.165, 1.54) is 0 Å². The van der Waals surface area contributed by atoms with Gasteiger partial charge < -0.3 is 19.8 Å². The first-order valence-electron chi connectivity index (χ1n) is 13.0. The second-order valence-corrected chi connectivity index (χ2v) is 10.2. The average molecular weight is 522 g/mol. The number of nitriles is 1. The number of carbonyl (C=O) groups is 1. The fourth-order valence-electron chi connectivity index (χ4n) is 5.16. The van der Waals surface area contributed by atoms with Gasteiger partial charge in [-0.1, -0.05) is 48.5 Å². The van der Waals surface area contributed by atoms with Crippen LogP contribution in [0.25, 0.3) is 22.6 Å². The number of aromatic nitrogens is 2. The number of nitrogens with two attached hydrogens (primary N) is 1. The zero-order valence-electron chi connectivity index (χ0n) is 22.1. The van der Waals surface area contributed by atoms with Crippen molar-refractivity contribution in [3.8, 4) is 28.7 Å². The largest absolute Gasteiger partial charge is 0.419 e. The van der Waals surface area contributed by atoms with Crippen LogP contribution in [0.2, 0.25) is 0 Å². The van der Waals surface area contributed by atoms with E-state index in [0.717, 1.165) is 29.5 Å². The summed E-state index contributed by atoms with van der Waals surface area (Å²) in [5, 5.41) is 18.3. The number of ether oxygens (including phenoxy) is 1. The minimum absolute atomic E-state index is 0.0203. The Bertz CT molecular complexity index is 1510. The van der Waals surface area contributed by atoms with Gasteiger partial charge in [-0.2, -0.15) is 5.26 Å². The Kier molecular flexibility index (Phi) is 7.55. The van der Waals surface area contributed by atoms with E-state index in [1.807, 2.05) is 72.5 Å². The minimum atomic E-state index is -0.890. The normalized spacial score (nSPS) is 16.6. The van der Waals surface area contributed by atoms with Gasteiger partial charge in [0.15, 0.2) is 0 Å². The molecule has 1 saturated heterocycles. The van der Waals surface area contributed by atoms with Crippen LogP contribution in [-0.2, 0) is 16.7 Å². The van der Waals surface area contributed by atoms with Gasteiger partial charge in [0.05, 0.1) is 29.8 Å². The minimum Gasteiger partial charge on any atom is -0.419 e. The maximum atomic E-state index is 13.7. The van der Waals surface area contributed by atoms with Gasteiger partial charge in [0.2, 0.25) is 11.8 Å². The molecule has 5 rings (SSSR count). The van der Waals surface area contributed by atoms with Gasteiger partial charge in [-0.3, -0.25) is 4.79 Å². The highest BCUT2D eigenvalue weighted by atomic mass is 16.5. The monoisotopic (exact) mass is 521 g/mol. The molecule has 4 aromatic rings. The summed E-state index contributed by atoms with van der Waals surface area (Å²) in [5.41, 5.74) is 9.80. The molecule has 39 heavy (non-hydrogen) atoms. The molecule has 1 fully saturated rings. The number of nitrogens with zero attached hydrogens (tertiary/aromatic N) is 4. The Hall–Kier alpha value is -4.32. The molecule has 1 aromatic heterocycles. The Labute approximate surface area is 228 Å². The summed E-state index contributed by atoms with van der Waals surface area (Å²) in [7, 11) is 1.65. The van der Waals surface area contributed by atoms with Crippen LogP contribution in [0.5, 0.6) is 0 Å². The van der Waals surface area contributed by atoms with Gasteiger partial charge >= 0.3 is 0 Å². The molecule has 0 radical (unpaired) electrons. The Morgan fingerprint density at radius 1 is 1.13 bits per heavy atom. The van der Waals surface area contributed by atoms with E-state index in [1.54, 1.807) is 19.2 Å². The molecule has 2 atom stereocenters. The van der Waals surface area contributed by atoms with Crippen molar-refractivity contribution in [1.29, 1.82) is 5.26 Å². The summed E-state index contributed by atoms with van der Waals surface area (Å²) in [4.78, 5) is 15.6. The molecule has 1 amide bonds. The first-order chi connectivity index (χ1) is 18.9. The average Bonchev–Trinajstić information content (AvgIpc) is 3.64. The number of rotatable bonds is 8. The van der Waals surface area contributed by atoms with Gasteiger partial charge in [-0.25, -0.2) is 0 Å². The Balaban J connectivity index is 1.55. The molecule has 198 valence electrons. The fraction of sp³-hybridized carbons (Fsp3) is 0.290. The smallest absolute Gasteiger partial charge is 0.254 e. The van der Waals surface area contributed by atoms with Gasteiger partial charge in [0, 0.05) is 24.8 Å². The van der Waals surface area contributed by atoms with Crippen LogP contribution in [0.3, 0.4) is 0 Å². The van der Waals surface area contributed by atoms with Crippen molar-refractivity contribution in [3.63, 3.8) is 0 Å². The highest BCUT2D eigenvalue weighted by Crippen LogP contribution is 2.33. The first-order valence-corrected chi connectivity index (χ1v) is 13.0. The lowest BCUT2D eigenvalue weighted by Gasteiger charge is -2.24. The van der Waals surface area contributed by atoms with Crippen LogP contribution in [-0.4, -0.2) is 47.3 Å². The molecule has 8 nitrogen and oxygen atoms in total. The summed E-state index contributed by atoms with van der Waals surface area (Å²) >= 11 is 0. The summed E-state index contributed by atoms with van der Waals surface area (Å²) in [6, 6.07) is 24.9. The number of hydrogen-bond donors (Lipinski definition) is 1. The van der Waals surface area contributed by atoms with Gasteiger partial charge in [-0.15, -0.1) is 10.2 Å². The van der Waals surface area contributed by atoms with Crippen LogP contribution in [0.4, 0.5) is 0 Å². The van der Waals surface area contributed by atoms with Crippen molar-refractivity contribution in [3.05, 3.63) is 95.4 Å². The lowest BCUT2D eigenvalue weighted by Crippen LogP contribution is -2.38. The number of likely N-dealkylation sites (tertiary alicyclic amines) is 1. The van der Waals surface area contributed by atoms with Crippen LogP contribution in [0, 0.1) is 11.3 Å². The SMILES string of the molecule is COCC1CCCN1C(=O)c1cc(-c2nnc([C@@](C)(N)Cc3ccccc3)o2)cc(-c2ccccc2C#N)c1. The predicted octanol–water partition coefficient (Wildman–Crippen LogP) is 4.94. The van der Waals surface area contributed by atoms with E-state index >= 15 is 0 Å².